The highest BCUT2D eigenvalue weighted by Gasteiger charge is 2.17. The number of benzene rings is 1. The van der Waals surface area contributed by atoms with Gasteiger partial charge in [0.15, 0.2) is 5.16 Å². The summed E-state index contributed by atoms with van der Waals surface area (Å²) in [5.74, 6) is 0.431. The molecule has 1 atom stereocenters. The van der Waals surface area contributed by atoms with Gasteiger partial charge in [-0.3, -0.25) is 4.79 Å². The summed E-state index contributed by atoms with van der Waals surface area (Å²) in [5, 5.41) is 11.3. The number of hydrogen-bond acceptors (Lipinski definition) is 5. The molecule has 0 aliphatic heterocycles. The van der Waals surface area contributed by atoms with Crippen LogP contribution >= 0.6 is 23.4 Å². The molecule has 21 heavy (non-hydrogen) atoms. The lowest BCUT2D eigenvalue weighted by Crippen LogP contribution is -2.22. The molecule has 112 valence electrons. The molecule has 1 aromatic heterocycles. The fourth-order valence-electron chi connectivity index (χ4n) is 1.58. The average Bonchev–Trinajstić information content (AvgIpc) is 2.84. The highest BCUT2D eigenvalue weighted by atomic mass is 35.5. The smallest absolute Gasteiger partial charge is 0.237 e. The average molecular weight is 327 g/mol. The van der Waals surface area contributed by atoms with E-state index in [9.17, 15) is 4.79 Å². The number of thioether (sulfide) groups is 1. The zero-order valence-corrected chi connectivity index (χ0v) is 13.4. The van der Waals surface area contributed by atoms with Crippen molar-refractivity contribution in [3.63, 3.8) is 0 Å². The van der Waals surface area contributed by atoms with Crippen LogP contribution in [0.2, 0.25) is 5.02 Å². The second-order valence-corrected chi connectivity index (χ2v) is 6.04. The number of carbonyl (C=O) groups is 1. The lowest BCUT2D eigenvalue weighted by Gasteiger charge is -2.12. The van der Waals surface area contributed by atoms with E-state index >= 15 is 0 Å². The molecule has 0 saturated heterocycles. The van der Waals surface area contributed by atoms with Gasteiger partial charge in [0, 0.05) is 12.7 Å². The van der Waals surface area contributed by atoms with E-state index in [1.54, 1.807) is 43.1 Å². The third kappa shape index (κ3) is 3.89. The van der Waals surface area contributed by atoms with Crippen molar-refractivity contribution in [3.05, 3.63) is 29.5 Å². The van der Waals surface area contributed by atoms with E-state index in [0.29, 0.717) is 21.6 Å². The molecule has 0 bridgehead atoms. The highest BCUT2D eigenvalue weighted by molar-refractivity contribution is 8.00. The van der Waals surface area contributed by atoms with Gasteiger partial charge in [-0.1, -0.05) is 23.4 Å². The molecular weight excluding hydrogens is 312 g/mol. The summed E-state index contributed by atoms with van der Waals surface area (Å²) < 4.78 is 6.83. The van der Waals surface area contributed by atoms with Crippen LogP contribution in [0, 0.1) is 0 Å². The highest BCUT2D eigenvalue weighted by Crippen LogP contribution is 2.28. The van der Waals surface area contributed by atoms with E-state index in [1.165, 1.54) is 11.8 Å². The molecule has 0 aliphatic rings. The van der Waals surface area contributed by atoms with E-state index in [4.69, 9.17) is 16.3 Å². The third-order valence-electron chi connectivity index (χ3n) is 2.74. The van der Waals surface area contributed by atoms with Crippen molar-refractivity contribution in [2.75, 3.05) is 12.4 Å². The molecule has 1 amide bonds. The third-order valence-corrected chi connectivity index (χ3v) is 4.18. The number of amides is 1. The molecule has 2 rings (SSSR count). The molecule has 1 heterocycles. The van der Waals surface area contributed by atoms with Gasteiger partial charge in [-0.05, 0) is 25.1 Å². The fraction of sp³-hybridized carbons (Fsp3) is 0.308. The molecule has 0 radical (unpaired) electrons. The van der Waals surface area contributed by atoms with E-state index in [0.717, 1.165) is 0 Å². The second-order valence-electron chi connectivity index (χ2n) is 4.32. The van der Waals surface area contributed by atoms with Crippen molar-refractivity contribution in [2.45, 2.75) is 17.3 Å². The number of aromatic nitrogens is 3. The van der Waals surface area contributed by atoms with Crippen LogP contribution in [0.3, 0.4) is 0 Å². The van der Waals surface area contributed by atoms with Gasteiger partial charge in [0.2, 0.25) is 5.91 Å². The first-order chi connectivity index (χ1) is 10.0. The van der Waals surface area contributed by atoms with Gasteiger partial charge in [0.25, 0.3) is 0 Å². The standard InChI is InChI=1S/C13H15ClN4O2S/c1-8(21-13-17-15-7-18(13)2)12(19)16-9-4-5-11(20-3)10(14)6-9/h4-8H,1-3H3,(H,16,19). The number of anilines is 1. The Morgan fingerprint density at radius 1 is 1.52 bits per heavy atom. The largest absolute Gasteiger partial charge is 0.495 e. The topological polar surface area (TPSA) is 69.0 Å². The zero-order chi connectivity index (χ0) is 15.4. The molecular formula is C13H15ClN4O2S. The summed E-state index contributed by atoms with van der Waals surface area (Å²) in [6, 6.07) is 5.10. The number of aryl methyl sites for hydroxylation is 1. The number of nitrogens with one attached hydrogen (secondary N) is 1. The maximum atomic E-state index is 12.2. The molecule has 0 aliphatic carbocycles. The Hall–Kier alpha value is -1.73. The van der Waals surface area contributed by atoms with E-state index in [-0.39, 0.29) is 11.2 Å². The van der Waals surface area contributed by atoms with Crippen molar-refractivity contribution in [2.24, 2.45) is 7.05 Å². The van der Waals surface area contributed by atoms with Crippen LogP contribution in [-0.4, -0.2) is 33.0 Å². The number of halogens is 1. The molecule has 0 saturated carbocycles. The Bertz CT molecular complexity index is 647. The molecule has 0 fully saturated rings. The molecule has 8 heteroatoms. The van der Waals surface area contributed by atoms with Gasteiger partial charge in [-0.25, -0.2) is 0 Å². The van der Waals surface area contributed by atoms with E-state index in [1.807, 2.05) is 7.05 Å². The number of nitrogens with zero attached hydrogens (tertiary/aromatic N) is 3. The van der Waals surface area contributed by atoms with Crippen LogP contribution in [0.25, 0.3) is 0 Å². The van der Waals surface area contributed by atoms with E-state index in [2.05, 4.69) is 15.5 Å². The monoisotopic (exact) mass is 326 g/mol. The first-order valence-electron chi connectivity index (χ1n) is 6.16. The summed E-state index contributed by atoms with van der Waals surface area (Å²) in [7, 11) is 3.37. The Kier molecular flexibility index (Phi) is 5.08. The summed E-state index contributed by atoms with van der Waals surface area (Å²) in [6.45, 7) is 1.81. The molecule has 1 aromatic carbocycles. The molecule has 0 spiro atoms. The van der Waals surface area contributed by atoms with Gasteiger partial charge in [0.05, 0.1) is 17.4 Å². The van der Waals surface area contributed by atoms with Gasteiger partial charge >= 0.3 is 0 Å². The summed E-state index contributed by atoms with van der Waals surface area (Å²) >= 11 is 7.36. The van der Waals surface area contributed by atoms with Crippen molar-refractivity contribution in [1.29, 1.82) is 0 Å². The van der Waals surface area contributed by atoms with Crippen LogP contribution in [-0.2, 0) is 11.8 Å². The van der Waals surface area contributed by atoms with Crippen molar-refractivity contribution in [3.8, 4) is 5.75 Å². The van der Waals surface area contributed by atoms with Gasteiger partial charge < -0.3 is 14.6 Å². The predicted octanol–water partition coefficient (Wildman–Crippen LogP) is 2.60. The summed E-state index contributed by atoms with van der Waals surface area (Å²) in [4.78, 5) is 12.2. The lowest BCUT2D eigenvalue weighted by molar-refractivity contribution is -0.115. The summed E-state index contributed by atoms with van der Waals surface area (Å²) in [6.07, 6.45) is 1.59. The van der Waals surface area contributed by atoms with Crippen molar-refractivity contribution < 1.29 is 9.53 Å². The Morgan fingerprint density at radius 2 is 2.29 bits per heavy atom. The van der Waals surface area contributed by atoms with Gasteiger partial charge in [-0.15, -0.1) is 10.2 Å². The van der Waals surface area contributed by atoms with Crippen LogP contribution in [0.15, 0.2) is 29.7 Å². The minimum absolute atomic E-state index is 0.135. The predicted molar refractivity (Wildman–Crippen MR) is 83.0 cm³/mol. The van der Waals surface area contributed by atoms with Crippen molar-refractivity contribution in [1.82, 2.24) is 14.8 Å². The summed E-state index contributed by atoms with van der Waals surface area (Å²) in [5.41, 5.74) is 0.621. The maximum absolute atomic E-state index is 12.2. The van der Waals surface area contributed by atoms with Crippen LogP contribution < -0.4 is 10.1 Å². The van der Waals surface area contributed by atoms with Gasteiger partial charge in [-0.2, -0.15) is 0 Å². The normalized spacial score (nSPS) is 12.0. The zero-order valence-electron chi connectivity index (χ0n) is 11.8. The maximum Gasteiger partial charge on any atom is 0.237 e. The van der Waals surface area contributed by atoms with Crippen molar-refractivity contribution >= 4 is 35.0 Å². The lowest BCUT2D eigenvalue weighted by atomic mass is 10.3. The van der Waals surface area contributed by atoms with Crippen LogP contribution in [0.1, 0.15) is 6.92 Å². The first kappa shape index (κ1) is 15.7. The Labute approximate surface area is 131 Å². The quantitative estimate of drug-likeness (QED) is 0.855. The van der Waals surface area contributed by atoms with Gasteiger partial charge in [0.1, 0.15) is 12.1 Å². The number of rotatable bonds is 5. The van der Waals surface area contributed by atoms with E-state index < -0.39 is 0 Å². The number of methoxy groups -OCH3 is 1. The molecule has 1 unspecified atom stereocenters. The molecule has 2 aromatic rings. The first-order valence-corrected chi connectivity index (χ1v) is 7.42. The second kappa shape index (κ2) is 6.82. The minimum atomic E-state index is -0.311. The Morgan fingerprint density at radius 3 is 2.86 bits per heavy atom. The van der Waals surface area contributed by atoms with Crippen LogP contribution in [0.4, 0.5) is 5.69 Å². The molecule has 6 nitrogen and oxygen atoms in total. The number of hydrogen-bond donors (Lipinski definition) is 1. The van der Waals surface area contributed by atoms with Crippen LogP contribution in [0.5, 0.6) is 5.75 Å². The minimum Gasteiger partial charge on any atom is -0.495 e. The number of ether oxygens (including phenoxy) is 1. The molecule has 1 N–H and O–H groups in total. The Balaban J connectivity index is 2.00. The number of carbonyl (C=O) groups excluding carboxylic acids is 1. The SMILES string of the molecule is COc1ccc(NC(=O)C(C)Sc2nncn2C)cc1Cl. The fourth-order valence-corrected chi connectivity index (χ4v) is 2.63.